The Balaban J connectivity index is 2.68. The zero-order chi connectivity index (χ0) is 13.4. The Bertz CT molecular complexity index is 333. The first kappa shape index (κ1) is 15.2. The molecule has 0 saturated heterocycles. The molecule has 0 aliphatic heterocycles. The van der Waals surface area contributed by atoms with Crippen molar-refractivity contribution >= 4 is 0 Å². The fraction of sp³-hybridized carbons (Fsp3) is 0.786. The number of aromatic nitrogens is 2. The van der Waals surface area contributed by atoms with Crippen LogP contribution in [0.2, 0.25) is 0 Å². The minimum absolute atomic E-state index is 0.771. The summed E-state index contributed by atoms with van der Waals surface area (Å²) in [6, 6.07) is 2.24. The van der Waals surface area contributed by atoms with Crippen molar-refractivity contribution in [2.75, 3.05) is 19.6 Å². The molecule has 4 nitrogen and oxygen atoms in total. The van der Waals surface area contributed by atoms with Crippen molar-refractivity contribution in [3.8, 4) is 0 Å². The minimum atomic E-state index is 0.771. The molecule has 0 bridgehead atoms. The molecule has 0 aliphatic carbocycles. The van der Waals surface area contributed by atoms with Gasteiger partial charge in [-0.3, -0.25) is 9.58 Å². The molecule has 18 heavy (non-hydrogen) atoms. The highest BCUT2D eigenvalue weighted by molar-refractivity contribution is 5.10. The number of nitrogens with zero attached hydrogens (tertiary/aromatic N) is 3. The highest BCUT2D eigenvalue weighted by atomic mass is 15.3. The summed E-state index contributed by atoms with van der Waals surface area (Å²) in [5.41, 5.74) is 8.13. The normalized spacial score (nSPS) is 11.4. The molecule has 0 amide bonds. The monoisotopic (exact) mass is 252 g/mol. The Hall–Kier alpha value is -0.870. The molecule has 0 aliphatic rings. The van der Waals surface area contributed by atoms with Crippen molar-refractivity contribution < 1.29 is 0 Å². The van der Waals surface area contributed by atoms with Gasteiger partial charge in [0.05, 0.1) is 11.4 Å². The van der Waals surface area contributed by atoms with Crippen LogP contribution < -0.4 is 5.73 Å². The summed E-state index contributed by atoms with van der Waals surface area (Å²) in [6.07, 6.45) is 3.27. The average Bonchev–Trinajstić information content (AvgIpc) is 2.78. The van der Waals surface area contributed by atoms with Crippen LogP contribution in [0.25, 0.3) is 0 Å². The van der Waals surface area contributed by atoms with E-state index < -0.39 is 0 Å². The Morgan fingerprint density at radius 1 is 1.28 bits per heavy atom. The maximum atomic E-state index is 5.60. The van der Waals surface area contributed by atoms with Gasteiger partial charge in [-0.2, -0.15) is 5.10 Å². The number of nitrogens with two attached hydrogens (primary N) is 1. The molecule has 1 aromatic heterocycles. The van der Waals surface area contributed by atoms with E-state index in [-0.39, 0.29) is 0 Å². The minimum Gasteiger partial charge on any atom is -0.330 e. The molecular weight excluding hydrogens is 224 g/mol. The zero-order valence-electron chi connectivity index (χ0n) is 12.2. The Morgan fingerprint density at radius 2 is 2.06 bits per heavy atom. The first-order valence-electron chi connectivity index (χ1n) is 7.23. The van der Waals surface area contributed by atoms with Crippen LogP contribution in [0.3, 0.4) is 0 Å². The maximum absolute atomic E-state index is 5.60. The van der Waals surface area contributed by atoms with E-state index >= 15 is 0 Å². The van der Waals surface area contributed by atoms with Gasteiger partial charge in [0.15, 0.2) is 0 Å². The van der Waals surface area contributed by atoms with Gasteiger partial charge < -0.3 is 5.73 Å². The molecule has 0 spiro atoms. The lowest BCUT2D eigenvalue weighted by Gasteiger charge is -2.21. The number of hydrogen-bond acceptors (Lipinski definition) is 3. The summed E-state index contributed by atoms with van der Waals surface area (Å²) in [5.74, 6) is 0. The van der Waals surface area contributed by atoms with E-state index in [2.05, 4.69) is 41.5 Å². The first-order valence-corrected chi connectivity index (χ1v) is 7.23. The highest BCUT2D eigenvalue weighted by Gasteiger charge is 2.10. The van der Waals surface area contributed by atoms with Crippen molar-refractivity contribution in [3.63, 3.8) is 0 Å². The van der Waals surface area contributed by atoms with Crippen LogP contribution in [-0.2, 0) is 19.5 Å². The third-order valence-corrected chi connectivity index (χ3v) is 3.18. The molecular formula is C14H28N4. The lowest BCUT2D eigenvalue weighted by molar-refractivity contribution is 0.256. The van der Waals surface area contributed by atoms with Crippen molar-refractivity contribution in [3.05, 3.63) is 17.5 Å². The Morgan fingerprint density at radius 3 is 2.61 bits per heavy atom. The number of aryl methyl sites for hydroxylation is 2. The second-order valence-electron chi connectivity index (χ2n) is 4.71. The van der Waals surface area contributed by atoms with Gasteiger partial charge in [-0.05, 0) is 51.9 Å². The predicted octanol–water partition coefficient (Wildman–Crippen LogP) is 2.03. The van der Waals surface area contributed by atoms with Crippen LogP contribution in [-0.4, -0.2) is 34.3 Å². The molecule has 2 N–H and O–H groups in total. The third-order valence-electron chi connectivity index (χ3n) is 3.18. The maximum Gasteiger partial charge on any atom is 0.0625 e. The summed E-state index contributed by atoms with van der Waals surface area (Å²) >= 11 is 0. The zero-order valence-corrected chi connectivity index (χ0v) is 12.2. The summed E-state index contributed by atoms with van der Waals surface area (Å²) in [6.45, 7) is 11.5. The topological polar surface area (TPSA) is 47.1 Å². The van der Waals surface area contributed by atoms with Gasteiger partial charge in [-0.1, -0.05) is 13.8 Å². The van der Waals surface area contributed by atoms with E-state index in [4.69, 9.17) is 5.73 Å². The van der Waals surface area contributed by atoms with E-state index in [1.54, 1.807) is 0 Å². The van der Waals surface area contributed by atoms with E-state index in [1.807, 2.05) is 0 Å². The highest BCUT2D eigenvalue weighted by Crippen LogP contribution is 2.10. The molecule has 1 rings (SSSR count). The van der Waals surface area contributed by atoms with Crippen LogP contribution in [0.15, 0.2) is 6.07 Å². The second-order valence-corrected chi connectivity index (χ2v) is 4.71. The van der Waals surface area contributed by atoms with Gasteiger partial charge in [-0.15, -0.1) is 0 Å². The summed E-state index contributed by atoms with van der Waals surface area (Å²) in [7, 11) is 0. The smallest absolute Gasteiger partial charge is 0.0625 e. The van der Waals surface area contributed by atoms with Crippen LogP contribution in [0.4, 0.5) is 0 Å². The standard InChI is InChI=1S/C14H28N4/c1-4-9-17(10-7-8-15)12-14-11-13(5-2)16-18(14)6-3/h11H,4-10,12,15H2,1-3H3. The fourth-order valence-corrected chi connectivity index (χ4v) is 2.22. The predicted molar refractivity (Wildman–Crippen MR) is 76.5 cm³/mol. The van der Waals surface area contributed by atoms with Crippen LogP contribution in [0, 0.1) is 0 Å². The SMILES string of the molecule is CCCN(CCCN)Cc1cc(CC)nn1CC. The molecule has 1 aromatic rings. The van der Waals surface area contributed by atoms with Crippen LogP contribution in [0.1, 0.15) is 45.0 Å². The van der Waals surface area contributed by atoms with E-state index in [0.29, 0.717) is 0 Å². The van der Waals surface area contributed by atoms with E-state index in [0.717, 1.165) is 45.6 Å². The van der Waals surface area contributed by atoms with E-state index in [1.165, 1.54) is 17.8 Å². The first-order chi connectivity index (χ1) is 8.74. The molecule has 0 atom stereocenters. The Kier molecular flexibility index (Phi) is 6.98. The van der Waals surface area contributed by atoms with E-state index in [9.17, 15) is 0 Å². The molecule has 0 radical (unpaired) electrons. The number of hydrogen-bond donors (Lipinski definition) is 1. The van der Waals surface area contributed by atoms with Gasteiger partial charge >= 0.3 is 0 Å². The van der Waals surface area contributed by atoms with Gasteiger partial charge in [0.25, 0.3) is 0 Å². The second kappa shape index (κ2) is 8.27. The molecule has 0 unspecified atom stereocenters. The van der Waals surface area contributed by atoms with Gasteiger partial charge in [-0.25, -0.2) is 0 Å². The quantitative estimate of drug-likeness (QED) is 0.731. The molecule has 4 heteroatoms. The van der Waals surface area contributed by atoms with Crippen molar-refractivity contribution in [1.82, 2.24) is 14.7 Å². The largest absolute Gasteiger partial charge is 0.330 e. The van der Waals surface area contributed by atoms with Gasteiger partial charge in [0.1, 0.15) is 0 Å². The van der Waals surface area contributed by atoms with Crippen molar-refractivity contribution in [2.45, 2.75) is 53.1 Å². The summed E-state index contributed by atoms with van der Waals surface area (Å²) in [5, 5.41) is 4.61. The fourth-order valence-electron chi connectivity index (χ4n) is 2.22. The van der Waals surface area contributed by atoms with Crippen molar-refractivity contribution in [1.29, 1.82) is 0 Å². The lowest BCUT2D eigenvalue weighted by Crippen LogP contribution is -2.28. The summed E-state index contributed by atoms with van der Waals surface area (Å²) in [4.78, 5) is 2.48. The molecule has 0 fully saturated rings. The Labute approximate surface area is 111 Å². The molecule has 0 aromatic carbocycles. The molecule has 104 valence electrons. The third kappa shape index (κ3) is 4.42. The summed E-state index contributed by atoms with van der Waals surface area (Å²) < 4.78 is 2.13. The van der Waals surface area contributed by atoms with Crippen molar-refractivity contribution in [2.24, 2.45) is 5.73 Å². The van der Waals surface area contributed by atoms with Crippen LogP contribution >= 0.6 is 0 Å². The van der Waals surface area contributed by atoms with Crippen LogP contribution in [0.5, 0.6) is 0 Å². The number of rotatable bonds is 9. The van der Waals surface area contributed by atoms with Gasteiger partial charge in [0.2, 0.25) is 0 Å². The molecule has 1 heterocycles. The lowest BCUT2D eigenvalue weighted by atomic mass is 10.2. The molecule has 0 saturated carbocycles. The van der Waals surface area contributed by atoms with Gasteiger partial charge in [0, 0.05) is 13.1 Å². The average molecular weight is 252 g/mol.